The van der Waals surface area contributed by atoms with Gasteiger partial charge in [-0.25, -0.2) is 0 Å². The van der Waals surface area contributed by atoms with Gasteiger partial charge in [-0.05, 0) is 31.5 Å². The molecule has 0 bridgehead atoms. The van der Waals surface area contributed by atoms with Crippen LogP contribution in [0.4, 0.5) is 0 Å². The van der Waals surface area contributed by atoms with E-state index in [4.69, 9.17) is 0 Å². The first-order valence-corrected chi connectivity index (χ1v) is 7.00. The first kappa shape index (κ1) is 14.2. The van der Waals surface area contributed by atoms with Crippen molar-refractivity contribution < 1.29 is 0 Å². The van der Waals surface area contributed by atoms with E-state index in [2.05, 4.69) is 36.3 Å². The lowest BCUT2D eigenvalue weighted by Gasteiger charge is -2.18. The Morgan fingerprint density at radius 3 is 2.71 bits per heavy atom. The van der Waals surface area contributed by atoms with Gasteiger partial charge in [-0.3, -0.25) is 4.98 Å². The molecule has 1 atom stereocenters. The average Bonchev–Trinajstić information content (AvgIpc) is 2.37. The van der Waals surface area contributed by atoms with Crippen molar-refractivity contribution in [3.63, 3.8) is 0 Å². The van der Waals surface area contributed by atoms with Gasteiger partial charge in [0.05, 0.1) is 0 Å². The van der Waals surface area contributed by atoms with E-state index in [1.165, 1.54) is 37.8 Å². The second kappa shape index (κ2) is 9.17. The summed E-state index contributed by atoms with van der Waals surface area (Å²) in [4.78, 5) is 4.41. The van der Waals surface area contributed by atoms with Gasteiger partial charge in [-0.2, -0.15) is 0 Å². The first-order valence-electron chi connectivity index (χ1n) is 7.00. The smallest absolute Gasteiger partial charge is 0.0419 e. The molecule has 0 spiro atoms. The maximum Gasteiger partial charge on any atom is 0.0419 e. The maximum atomic E-state index is 4.41. The molecule has 1 aromatic heterocycles. The third-order valence-electron chi connectivity index (χ3n) is 3.02. The quantitative estimate of drug-likeness (QED) is 0.661. The molecule has 1 heterocycles. The molecule has 1 unspecified atom stereocenters. The van der Waals surface area contributed by atoms with E-state index < -0.39 is 0 Å². The topological polar surface area (TPSA) is 24.9 Å². The number of unbranched alkanes of at least 4 members (excludes halogenated alkanes) is 2. The molecule has 2 nitrogen and oxygen atoms in total. The van der Waals surface area contributed by atoms with Crippen LogP contribution in [0, 0.1) is 0 Å². The van der Waals surface area contributed by atoms with Gasteiger partial charge in [-0.15, -0.1) is 0 Å². The second-order valence-corrected chi connectivity index (χ2v) is 4.67. The fraction of sp³-hybridized carbons (Fsp3) is 0.667. The molecule has 0 aliphatic heterocycles. The monoisotopic (exact) mass is 234 g/mol. The highest BCUT2D eigenvalue weighted by Gasteiger charge is 2.08. The summed E-state index contributed by atoms with van der Waals surface area (Å²) in [5.74, 6) is 0. The van der Waals surface area contributed by atoms with Crippen LogP contribution in [0.15, 0.2) is 24.4 Å². The van der Waals surface area contributed by atoms with Crippen molar-refractivity contribution in [2.45, 2.75) is 58.4 Å². The standard InChI is InChI=1S/C15H26N2/c1-3-5-6-9-14(16-11-4-2)13-15-10-7-8-12-17-15/h7-8,10,12,14,16H,3-6,9,11,13H2,1-2H3. The van der Waals surface area contributed by atoms with Crippen molar-refractivity contribution in [2.75, 3.05) is 6.54 Å². The minimum absolute atomic E-state index is 0.594. The highest BCUT2D eigenvalue weighted by atomic mass is 14.9. The molecule has 0 radical (unpaired) electrons. The van der Waals surface area contributed by atoms with E-state index in [0.29, 0.717) is 6.04 Å². The summed E-state index contributed by atoms with van der Waals surface area (Å²) < 4.78 is 0. The number of rotatable bonds is 9. The summed E-state index contributed by atoms with van der Waals surface area (Å²) in [6.07, 6.45) is 9.38. The van der Waals surface area contributed by atoms with Gasteiger partial charge in [0.1, 0.15) is 0 Å². The minimum atomic E-state index is 0.594. The Morgan fingerprint density at radius 1 is 1.18 bits per heavy atom. The summed E-state index contributed by atoms with van der Waals surface area (Å²) in [7, 11) is 0. The molecular formula is C15H26N2. The molecule has 0 aliphatic rings. The van der Waals surface area contributed by atoms with Crippen LogP contribution in [0.2, 0.25) is 0 Å². The third kappa shape index (κ3) is 6.42. The zero-order valence-corrected chi connectivity index (χ0v) is 11.3. The van der Waals surface area contributed by atoms with Gasteiger partial charge in [-0.1, -0.05) is 39.2 Å². The minimum Gasteiger partial charge on any atom is -0.314 e. The van der Waals surface area contributed by atoms with Gasteiger partial charge in [0.15, 0.2) is 0 Å². The van der Waals surface area contributed by atoms with E-state index in [-0.39, 0.29) is 0 Å². The molecule has 0 aromatic carbocycles. The molecule has 17 heavy (non-hydrogen) atoms. The van der Waals surface area contributed by atoms with Crippen molar-refractivity contribution in [3.8, 4) is 0 Å². The van der Waals surface area contributed by atoms with Crippen LogP contribution in [-0.4, -0.2) is 17.6 Å². The van der Waals surface area contributed by atoms with Crippen LogP contribution in [0.25, 0.3) is 0 Å². The summed E-state index contributed by atoms with van der Waals surface area (Å²) in [5, 5.41) is 3.64. The number of hydrogen-bond acceptors (Lipinski definition) is 2. The van der Waals surface area contributed by atoms with Crippen molar-refractivity contribution in [2.24, 2.45) is 0 Å². The van der Waals surface area contributed by atoms with Crippen LogP contribution in [0.1, 0.15) is 51.6 Å². The average molecular weight is 234 g/mol. The van der Waals surface area contributed by atoms with E-state index in [1.807, 2.05) is 12.3 Å². The van der Waals surface area contributed by atoms with Gasteiger partial charge < -0.3 is 5.32 Å². The van der Waals surface area contributed by atoms with E-state index in [0.717, 1.165) is 13.0 Å². The summed E-state index contributed by atoms with van der Waals surface area (Å²) in [6.45, 7) is 5.59. The Balaban J connectivity index is 2.39. The Bertz CT molecular complexity index is 272. The lowest BCUT2D eigenvalue weighted by atomic mass is 10.0. The van der Waals surface area contributed by atoms with Crippen LogP contribution in [0.5, 0.6) is 0 Å². The Kier molecular flexibility index (Phi) is 7.65. The zero-order valence-electron chi connectivity index (χ0n) is 11.3. The van der Waals surface area contributed by atoms with E-state index in [9.17, 15) is 0 Å². The predicted octanol–water partition coefficient (Wildman–Crippen LogP) is 3.57. The molecule has 1 aromatic rings. The van der Waals surface area contributed by atoms with Gasteiger partial charge in [0.2, 0.25) is 0 Å². The number of aromatic nitrogens is 1. The maximum absolute atomic E-state index is 4.41. The number of nitrogens with zero attached hydrogens (tertiary/aromatic N) is 1. The highest BCUT2D eigenvalue weighted by molar-refractivity contribution is 5.05. The first-order chi connectivity index (χ1) is 8.36. The Morgan fingerprint density at radius 2 is 2.06 bits per heavy atom. The van der Waals surface area contributed by atoms with Crippen LogP contribution < -0.4 is 5.32 Å². The third-order valence-corrected chi connectivity index (χ3v) is 3.02. The lowest BCUT2D eigenvalue weighted by Crippen LogP contribution is -2.32. The van der Waals surface area contributed by atoms with Crippen LogP contribution >= 0.6 is 0 Å². The Labute approximate surface area is 106 Å². The molecule has 1 N–H and O–H groups in total. The lowest BCUT2D eigenvalue weighted by molar-refractivity contribution is 0.453. The molecule has 0 aliphatic carbocycles. The van der Waals surface area contributed by atoms with Gasteiger partial charge in [0, 0.05) is 24.4 Å². The molecule has 2 heteroatoms. The molecule has 0 saturated carbocycles. The number of hydrogen-bond donors (Lipinski definition) is 1. The van der Waals surface area contributed by atoms with E-state index >= 15 is 0 Å². The molecule has 96 valence electrons. The van der Waals surface area contributed by atoms with Crippen molar-refractivity contribution in [3.05, 3.63) is 30.1 Å². The van der Waals surface area contributed by atoms with Crippen LogP contribution in [0.3, 0.4) is 0 Å². The van der Waals surface area contributed by atoms with Crippen LogP contribution in [-0.2, 0) is 6.42 Å². The predicted molar refractivity (Wildman–Crippen MR) is 74.2 cm³/mol. The SMILES string of the molecule is CCCCCC(Cc1ccccn1)NCCC. The molecule has 0 amide bonds. The Hall–Kier alpha value is -0.890. The van der Waals surface area contributed by atoms with Gasteiger partial charge >= 0.3 is 0 Å². The fourth-order valence-corrected chi connectivity index (χ4v) is 2.04. The largest absolute Gasteiger partial charge is 0.314 e. The number of nitrogens with one attached hydrogen (secondary N) is 1. The highest BCUT2D eigenvalue weighted by Crippen LogP contribution is 2.08. The normalized spacial score (nSPS) is 12.6. The molecule has 0 saturated heterocycles. The molecule has 0 fully saturated rings. The van der Waals surface area contributed by atoms with Crippen molar-refractivity contribution >= 4 is 0 Å². The summed E-state index contributed by atoms with van der Waals surface area (Å²) in [5.41, 5.74) is 1.21. The molecule has 1 rings (SSSR count). The fourth-order valence-electron chi connectivity index (χ4n) is 2.04. The van der Waals surface area contributed by atoms with Crippen molar-refractivity contribution in [1.29, 1.82) is 0 Å². The van der Waals surface area contributed by atoms with Gasteiger partial charge in [0.25, 0.3) is 0 Å². The van der Waals surface area contributed by atoms with E-state index in [1.54, 1.807) is 0 Å². The van der Waals surface area contributed by atoms with Crippen molar-refractivity contribution in [1.82, 2.24) is 10.3 Å². The summed E-state index contributed by atoms with van der Waals surface area (Å²) >= 11 is 0. The second-order valence-electron chi connectivity index (χ2n) is 4.67. The summed E-state index contributed by atoms with van der Waals surface area (Å²) in [6, 6.07) is 6.78. The molecular weight excluding hydrogens is 208 g/mol. The number of pyridine rings is 1. The zero-order chi connectivity index (χ0) is 12.3.